The number of carboxylic acids is 1. The Kier molecular flexibility index (Phi) is 16.8. The molecular weight excluding hydrogens is 396 g/mol. The summed E-state index contributed by atoms with van der Waals surface area (Å²) in [6, 6.07) is 6.95. The van der Waals surface area contributed by atoms with Gasteiger partial charge in [0, 0.05) is 18.7 Å². The van der Waals surface area contributed by atoms with Crippen molar-refractivity contribution in [1.82, 2.24) is 4.90 Å². The van der Waals surface area contributed by atoms with Gasteiger partial charge in [0.15, 0.2) is 0 Å². The largest absolute Gasteiger partial charge is 1.00 e. The van der Waals surface area contributed by atoms with E-state index in [1.807, 2.05) is 13.8 Å². The van der Waals surface area contributed by atoms with Crippen LogP contribution in [-0.2, 0) is 20.8 Å². The second-order valence-corrected chi connectivity index (χ2v) is 6.55. The van der Waals surface area contributed by atoms with Crippen LogP contribution in [0.25, 0.3) is 0 Å². The van der Waals surface area contributed by atoms with E-state index >= 15 is 0 Å². The molecule has 1 N–H and O–H groups in total. The van der Waals surface area contributed by atoms with Crippen LogP contribution in [0.4, 0.5) is 0 Å². The maximum atomic E-state index is 12.4. The second kappa shape index (κ2) is 16.0. The summed E-state index contributed by atoms with van der Waals surface area (Å²) < 4.78 is 0. The summed E-state index contributed by atoms with van der Waals surface area (Å²) in [7, 11) is 0. The molecule has 0 saturated carbocycles. The standard InChI is InChI=1S/C19H24NO4.CO2.2Na/c1-13(2)11-16(19(23)24)12-14-3-5-15(6-4-14)18(22)20-9-7-17(21)8-10-20;2-1-3;;/h3-6,13,17,21H,7-10,12H2,1-2H3,(H,23,24);;;/q-1;;2*+1/p-1. The Morgan fingerprint density at radius 3 is 2.07 bits per heavy atom. The summed E-state index contributed by atoms with van der Waals surface area (Å²) in [4.78, 5) is 41.6. The second-order valence-electron chi connectivity index (χ2n) is 6.55. The van der Waals surface area contributed by atoms with Gasteiger partial charge in [0.1, 0.15) is 0 Å². The molecule has 0 atom stereocenters. The summed E-state index contributed by atoms with van der Waals surface area (Å²) in [6.07, 6.45) is 4.25. The minimum Gasteiger partial charge on any atom is -0.658 e. The fraction of sp³-hybridized carbons (Fsp3) is 0.450. The molecule has 1 aromatic carbocycles. The zero-order valence-corrected chi connectivity index (χ0v) is 21.4. The van der Waals surface area contributed by atoms with Crippen molar-refractivity contribution in [2.75, 3.05) is 13.1 Å². The van der Waals surface area contributed by atoms with E-state index in [0.717, 1.165) is 5.56 Å². The van der Waals surface area contributed by atoms with Gasteiger partial charge in [-0.3, -0.25) is 10.9 Å². The molecule has 29 heavy (non-hydrogen) atoms. The average molecular weight is 419 g/mol. The number of hydrogen-bond acceptors (Lipinski definition) is 6. The number of benzene rings is 1. The first kappa shape index (κ1) is 30.4. The van der Waals surface area contributed by atoms with E-state index in [0.29, 0.717) is 31.5 Å². The number of nitrogens with zero attached hydrogens (tertiary/aromatic N) is 1. The SMILES string of the molecule is CC(C)[C-]=C(Cc1ccc(C(=O)N2CCC(O)CC2)cc1)C(=O)[O-].O=C=O.[Na+].[Na+]. The van der Waals surface area contributed by atoms with Crippen LogP contribution >= 0.6 is 0 Å². The number of carbonyl (C=O) groups is 2. The van der Waals surface area contributed by atoms with Gasteiger partial charge in [0.2, 0.25) is 0 Å². The van der Waals surface area contributed by atoms with Gasteiger partial charge in [-0.05, 0) is 37.0 Å². The van der Waals surface area contributed by atoms with Gasteiger partial charge in [-0.1, -0.05) is 26.0 Å². The Bertz CT molecular complexity index is 704. The van der Waals surface area contributed by atoms with Gasteiger partial charge in [-0.15, -0.1) is 11.9 Å². The van der Waals surface area contributed by atoms with Crippen molar-refractivity contribution < 1.29 is 88.5 Å². The molecule has 0 radical (unpaired) electrons. The molecule has 0 spiro atoms. The number of hydrogen-bond donors (Lipinski definition) is 1. The molecule has 1 amide bonds. The summed E-state index contributed by atoms with van der Waals surface area (Å²) in [5, 5.41) is 20.7. The fourth-order valence-electron chi connectivity index (χ4n) is 2.75. The van der Waals surface area contributed by atoms with E-state index in [-0.39, 0.29) is 95.2 Å². The number of amides is 1. The Balaban J connectivity index is 0. The Morgan fingerprint density at radius 1 is 1.17 bits per heavy atom. The average Bonchev–Trinajstić information content (AvgIpc) is 2.62. The van der Waals surface area contributed by atoms with Crippen molar-refractivity contribution in [2.45, 2.75) is 39.2 Å². The van der Waals surface area contributed by atoms with Gasteiger partial charge in [-0.2, -0.15) is 15.2 Å². The molecule has 2 rings (SSSR count). The molecule has 0 bridgehead atoms. The number of allylic oxidation sites excluding steroid dienone is 1. The number of rotatable bonds is 5. The molecule has 1 fully saturated rings. The minimum absolute atomic E-state index is 0. The van der Waals surface area contributed by atoms with Gasteiger partial charge in [-0.25, -0.2) is 0 Å². The molecule has 1 heterocycles. The van der Waals surface area contributed by atoms with Crippen LogP contribution in [0.2, 0.25) is 0 Å². The van der Waals surface area contributed by atoms with Crippen molar-refractivity contribution in [3.63, 3.8) is 0 Å². The van der Waals surface area contributed by atoms with Crippen LogP contribution in [0.3, 0.4) is 0 Å². The number of carboxylic acid groups (broad SMARTS) is 1. The van der Waals surface area contributed by atoms with E-state index in [2.05, 4.69) is 6.08 Å². The number of aliphatic carboxylic acids is 1. The van der Waals surface area contributed by atoms with Gasteiger partial charge < -0.3 is 19.9 Å². The third kappa shape index (κ3) is 11.3. The predicted molar refractivity (Wildman–Crippen MR) is 92.9 cm³/mol. The Morgan fingerprint density at radius 2 is 1.66 bits per heavy atom. The zero-order chi connectivity index (χ0) is 20.4. The van der Waals surface area contributed by atoms with Crippen LogP contribution in [0, 0.1) is 12.0 Å². The zero-order valence-electron chi connectivity index (χ0n) is 17.4. The van der Waals surface area contributed by atoms with Crippen LogP contribution in [0.15, 0.2) is 29.8 Å². The first-order chi connectivity index (χ1) is 12.8. The van der Waals surface area contributed by atoms with Crippen molar-refractivity contribution in [2.24, 2.45) is 5.92 Å². The molecule has 7 nitrogen and oxygen atoms in total. The van der Waals surface area contributed by atoms with Crippen LogP contribution in [0.1, 0.15) is 42.6 Å². The molecule has 1 aliphatic rings. The minimum atomic E-state index is -1.21. The first-order valence-electron chi connectivity index (χ1n) is 8.67. The Hall–Kier alpha value is -0.760. The number of piperidine rings is 1. The summed E-state index contributed by atoms with van der Waals surface area (Å²) >= 11 is 0. The monoisotopic (exact) mass is 419 g/mol. The van der Waals surface area contributed by atoms with Crippen molar-refractivity contribution >= 4 is 18.0 Å². The maximum Gasteiger partial charge on any atom is 1.00 e. The van der Waals surface area contributed by atoms with Crippen LogP contribution in [0.5, 0.6) is 0 Å². The topological polar surface area (TPSA) is 115 Å². The number of likely N-dealkylation sites (tertiary alicyclic amines) is 1. The van der Waals surface area contributed by atoms with Crippen molar-refractivity contribution in [1.29, 1.82) is 0 Å². The predicted octanol–water partition coefficient (Wildman–Crippen LogP) is -5.61. The van der Waals surface area contributed by atoms with E-state index in [1.165, 1.54) is 0 Å². The summed E-state index contributed by atoms with van der Waals surface area (Å²) in [5.41, 5.74) is 1.50. The van der Waals surface area contributed by atoms with Gasteiger partial charge >= 0.3 is 65.3 Å². The Labute approximate surface area is 215 Å². The molecule has 0 aliphatic carbocycles. The molecular formula is C20H23NNa2O6. The van der Waals surface area contributed by atoms with Crippen LogP contribution in [-0.4, -0.2) is 47.2 Å². The third-order valence-electron chi connectivity index (χ3n) is 4.04. The molecule has 9 heteroatoms. The fourth-order valence-corrected chi connectivity index (χ4v) is 2.75. The molecule has 1 aromatic rings. The number of aliphatic hydroxyl groups excluding tert-OH is 1. The maximum absolute atomic E-state index is 12.4. The quantitative estimate of drug-likeness (QED) is 0.289. The van der Waals surface area contributed by atoms with Gasteiger partial charge in [0.05, 0.1) is 6.10 Å². The number of carbonyl (C=O) groups excluding carboxylic acids is 4. The normalized spacial score (nSPS) is 13.9. The van der Waals surface area contributed by atoms with E-state index in [4.69, 9.17) is 9.59 Å². The molecule has 0 unspecified atom stereocenters. The third-order valence-corrected chi connectivity index (χ3v) is 4.04. The molecule has 146 valence electrons. The van der Waals surface area contributed by atoms with Crippen molar-refractivity contribution in [3.8, 4) is 0 Å². The smallest absolute Gasteiger partial charge is 0.658 e. The van der Waals surface area contributed by atoms with E-state index < -0.39 is 5.97 Å². The first-order valence-corrected chi connectivity index (χ1v) is 8.67. The molecule has 1 saturated heterocycles. The van der Waals surface area contributed by atoms with E-state index in [1.54, 1.807) is 29.2 Å². The van der Waals surface area contributed by atoms with Crippen LogP contribution < -0.4 is 64.2 Å². The summed E-state index contributed by atoms with van der Waals surface area (Å²) in [5.74, 6) is -1.26. The molecule has 1 aliphatic heterocycles. The van der Waals surface area contributed by atoms with Gasteiger partial charge in [0.25, 0.3) is 5.91 Å². The number of aliphatic hydroxyl groups is 1. The molecule has 0 aromatic heterocycles. The summed E-state index contributed by atoms with van der Waals surface area (Å²) in [6.45, 7) is 4.84. The van der Waals surface area contributed by atoms with Crippen molar-refractivity contribution in [3.05, 3.63) is 47.0 Å². The van der Waals surface area contributed by atoms with E-state index in [9.17, 15) is 19.8 Å².